The van der Waals surface area contributed by atoms with Gasteiger partial charge in [0.05, 0.1) is 5.69 Å². The summed E-state index contributed by atoms with van der Waals surface area (Å²) in [6.45, 7) is 2.71. The molecule has 3 aromatic rings. The summed E-state index contributed by atoms with van der Waals surface area (Å²) in [5, 5.41) is 2.80. The Morgan fingerprint density at radius 1 is 1.44 bits per heavy atom. The SMILES string of the molecule is Cc1nccn1-c1ccc(CNC(=O)c2cn3c(n2)CCC(N)C3)cc1F. The number of aromatic nitrogens is 4. The number of nitrogens with one attached hydrogen (secondary N) is 1. The van der Waals surface area contributed by atoms with Gasteiger partial charge in [-0.2, -0.15) is 0 Å². The minimum Gasteiger partial charge on any atom is -0.347 e. The van der Waals surface area contributed by atoms with Gasteiger partial charge >= 0.3 is 0 Å². The highest BCUT2D eigenvalue weighted by Gasteiger charge is 2.20. The molecule has 1 aliphatic heterocycles. The number of nitrogens with zero attached hydrogens (tertiary/aromatic N) is 4. The van der Waals surface area contributed by atoms with Crippen LogP contribution in [0.15, 0.2) is 36.8 Å². The molecule has 0 radical (unpaired) electrons. The summed E-state index contributed by atoms with van der Waals surface area (Å²) in [5.74, 6) is 0.945. The van der Waals surface area contributed by atoms with Gasteiger partial charge in [0.2, 0.25) is 0 Å². The molecule has 0 saturated carbocycles. The predicted octanol–water partition coefficient (Wildman–Crippen LogP) is 1.72. The number of aryl methyl sites for hydroxylation is 2. The lowest BCUT2D eigenvalue weighted by atomic mass is 10.1. The van der Waals surface area contributed by atoms with Gasteiger partial charge in [-0.25, -0.2) is 14.4 Å². The minimum absolute atomic E-state index is 0.100. The summed E-state index contributed by atoms with van der Waals surface area (Å²) >= 11 is 0. The Kier molecular flexibility index (Phi) is 4.49. The molecule has 0 saturated heterocycles. The molecule has 2 aromatic heterocycles. The third-order valence-electron chi connectivity index (χ3n) is 4.81. The van der Waals surface area contributed by atoms with E-state index in [4.69, 9.17) is 5.73 Å². The van der Waals surface area contributed by atoms with Crippen molar-refractivity contribution < 1.29 is 9.18 Å². The van der Waals surface area contributed by atoms with E-state index in [0.29, 0.717) is 29.3 Å². The highest BCUT2D eigenvalue weighted by Crippen LogP contribution is 2.17. The Morgan fingerprint density at radius 2 is 2.30 bits per heavy atom. The van der Waals surface area contributed by atoms with Gasteiger partial charge in [0, 0.05) is 44.1 Å². The van der Waals surface area contributed by atoms with E-state index in [2.05, 4.69) is 15.3 Å². The summed E-state index contributed by atoms with van der Waals surface area (Å²) in [7, 11) is 0. The zero-order chi connectivity index (χ0) is 19.0. The Morgan fingerprint density at radius 3 is 3.04 bits per heavy atom. The maximum absolute atomic E-state index is 14.4. The van der Waals surface area contributed by atoms with E-state index in [0.717, 1.165) is 18.7 Å². The normalized spacial score (nSPS) is 16.2. The molecule has 1 amide bonds. The van der Waals surface area contributed by atoms with Crippen LogP contribution in [0, 0.1) is 12.7 Å². The van der Waals surface area contributed by atoms with Crippen LogP contribution >= 0.6 is 0 Å². The second-order valence-electron chi connectivity index (χ2n) is 6.81. The molecule has 0 spiro atoms. The van der Waals surface area contributed by atoms with E-state index >= 15 is 0 Å². The lowest BCUT2D eigenvalue weighted by Gasteiger charge is -2.19. The van der Waals surface area contributed by atoms with Crippen LogP contribution in [0.3, 0.4) is 0 Å². The van der Waals surface area contributed by atoms with Crippen LogP contribution in [0.2, 0.25) is 0 Å². The first-order valence-corrected chi connectivity index (χ1v) is 8.90. The van der Waals surface area contributed by atoms with Crippen LogP contribution in [-0.4, -0.2) is 31.1 Å². The van der Waals surface area contributed by atoms with Crippen molar-refractivity contribution in [1.29, 1.82) is 0 Å². The fourth-order valence-corrected chi connectivity index (χ4v) is 3.34. The first-order valence-electron chi connectivity index (χ1n) is 8.90. The summed E-state index contributed by atoms with van der Waals surface area (Å²) in [5.41, 5.74) is 7.42. The van der Waals surface area contributed by atoms with Gasteiger partial charge in [0.25, 0.3) is 5.91 Å². The number of rotatable bonds is 4. The molecule has 8 heteroatoms. The molecule has 1 aliphatic rings. The van der Waals surface area contributed by atoms with Crippen LogP contribution in [0.25, 0.3) is 5.69 Å². The number of amides is 1. The molecule has 140 valence electrons. The van der Waals surface area contributed by atoms with Crippen molar-refractivity contribution in [3.05, 3.63) is 65.5 Å². The standard InChI is InChI=1S/C19H21FN6O/c1-12-22-6-7-26(12)17-4-2-13(8-15(17)20)9-23-19(27)16-11-25-10-14(21)3-5-18(25)24-16/h2,4,6-8,11,14H,3,5,9-10,21H2,1H3,(H,23,27). The second-order valence-corrected chi connectivity index (χ2v) is 6.81. The molecule has 4 rings (SSSR count). The second kappa shape index (κ2) is 6.96. The average Bonchev–Trinajstić information content (AvgIpc) is 3.25. The van der Waals surface area contributed by atoms with Crippen molar-refractivity contribution in [3.63, 3.8) is 0 Å². The number of halogens is 1. The van der Waals surface area contributed by atoms with Gasteiger partial charge < -0.3 is 20.2 Å². The van der Waals surface area contributed by atoms with Crippen LogP contribution in [0.4, 0.5) is 4.39 Å². The van der Waals surface area contributed by atoms with Gasteiger partial charge in [0.1, 0.15) is 23.2 Å². The smallest absolute Gasteiger partial charge is 0.271 e. The lowest BCUT2D eigenvalue weighted by molar-refractivity contribution is 0.0946. The molecule has 1 atom stereocenters. The Bertz CT molecular complexity index is 992. The highest BCUT2D eigenvalue weighted by molar-refractivity contribution is 5.92. The van der Waals surface area contributed by atoms with Crippen molar-refractivity contribution >= 4 is 5.91 Å². The third-order valence-corrected chi connectivity index (χ3v) is 4.81. The quantitative estimate of drug-likeness (QED) is 0.734. The largest absolute Gasteiger partial charge is 0.347 e. The molecule has 1 aromatic carbocycles. The third kappa shape index (κ3) is 3.48. The van der Waals surface area contributed by atoms with Crippen LogP contribution in [-0.2, 0) is 19.5 Å². The van der Waals surface area contributed by atoms with Crippen LogP contribution < -0.4 is 11.1 Å². The highest BCUT2D eigenvalue weighted by atomic mass is 19.1. The molecule has 0 aliphatic carbocycles. The molecule has 7 nitrogen and oxygen atoms in total. The fraction of sp³-hybridized carbons (Fsp3) is 0.316. The molecular formula is C19H21FN6O. The summed E-state index contributed by atoms with van der Waals surface area (Å²) in [4.78, 5) is 20.9. The predicted molar refractivity (Wildman–Crippen MR) is 98.0 cm³/mol. The molecule has 0 bridgehead atoms. The first-order chi connectivity index (χ1) is 13.0. The van der Waals surface area contributed by atoms with Gasteiger partial charge in [-0.3, -0.25) is 4.79 Å². The van der Waals surface area contributed by atoms with Crippen molar-refractivity contribution in [3.8, 4) is 5.69 Å². The van der Waals surface area contributed by atoms with Crippen molar-refractivity contribution in [2.45, 2.75) is 38.9 Å². The van der Waals surface area contributed by atoms with E-state index in [-0.39, 0.29) is 24.3 Å². The lowest BCUT2D eigenvalue weighted by Crippen LogP contribution is -2.31. The van der Waals surface area contributed by atoms with E-state index in [1.54, 1.807) is 35.3 Å². The van der Waals surface area contributed by atoms with Crippen molar-refractivity contribution in [2.24, 2.45) is 5.73 Å². The van der Waals surface area contributed by atoms with Gasteiger partial charge in [-0.15, -0.1) is 0 Å². The number of hydrogen-bond donors (Lipinski definition) is 2. The van der Waals surface area contributed by atoms with Gasteiger partial charge in [0.15, 0.2) is 0 Å². The van der Waals surface area contributed by atoms with Gasteiger partial charge in [-0.1, -0.05) is 6.07 Å². The molecule has 0 fully saturated rings. The molecule has 3 N–H and O–H groups in total. The van der Waals surface area contributed by atoms with Crippen LogP contribution in [0.5, 0.6) is 0 Å². The zero-order valence-electron chi connectivity index (χ0n) is 15.0. The van der Waals surface area contributed by atoms with Crippen molar-refractivity contribution in [2.75, 3.05) is 0 Å². The fourth-order valence-electron chi connectivity index (χ4n) is 3.34. The maximum atomic E-state index is 14.4. The topological polar surface area (TPSA) is 90.8 Å². The monoisotopic (exact) mass is 368 g/mol. The van der Waals surface area contributed by atoms with E-state index in [9.17, 15) is 9.18 Å². The van der Waals surface area contributed by atoms with E-state index in [1.807, 2.05) is 11.5 Å². The van der Waals surface area contributed by atoms with Crippen LogP contribution in [0.1, 0.15) is 34.1 Å². The summed E-state index contributed by atoms with van der Waals surface area (Å²) < 4.78 is 18.1. The van der Waals surface area contributed by atoms with Gasteiger partial charge in [-0.05, 0) is 31.0 Å². The number of carbonyl (C=O) groups excluding carboxylic acids is 1. The number of hydrogen-bond acceptors (Lipinski definition) is 4. The number of carbonyl (C=O) groups is 1. The minimum atomic E-state index is -0.366. The molecule has 27 heavy (non-hydrogen) atoms. The Hall–Kier alpha value is -3.00. The number of fused-ring (bicyclic) bond motifs is 1. The van der Waals surface area contributed by atoms with E-state index in [1.165, 1.54) is 6.07 Å². The molecular weight excluding hydrogens is 347 g/mol. The van der Waals surface area contributed by atoms with Crippen molar-refractivity contribution in [1.82, 2.24) is 24.4 Å². The first kappa shape index (κ1) is 17.4. The number of benzene rings is 1. The van der Waals surface area contributed by atoms with E-state index < -0.39 is 0 Å². The average molecular weight is 368 g/mol. The number of imidazole rings is 2. The molecule has 1 unspecified atom stereocenters. The zero-order valence-corrected chi connectivity index (χ0v) is 15.0. The number of nitrogens with two attached hydrogens (primary N) is 1. The Balaban J connectivity index is 1.44. The molecule has 3 heterocycles. The Labute approximate surface area is 156 Å². The maximum Gasteiger partial charge on any atom is 0.271 e. The summed E-state index contributed by atoms with van der Waals surface area (Å²) in [6.07, 6.45) is 6.71. The summed E-state index contributed by atoms with van der Waals surface area (Å²) in [6, 6.07) is 4.99.